The van der Waals surface area contributed by atoms with Gasteiger partial charge in [0.1, 0.15) is 12.2 Å². The molecule has 0 spiro atoms. The van der Waals surface area contributed by atoms with E-state index in [2.05, 4.69) is 0 Å². The summed E-state index contributed by atoms with van der Waals surface area (Å²) in [7, 11) is 0. The summed E-state index contributed by atoms with van der Waals surface area (Å²) in [6, 6.07) is 0. The van der Waals surface area contributed by atoms with Crippen LogP contribution in [0, 0.1) is 17.8 Å². The molecule has 0 saturated carbocycles. The van der Waals surface area contributed by atoms with Gasteiger partial charge in [-0.1, -0.05) is 30.7 Å². The number of carbonyl (C=O) groups excluding carboxylic acids is 2. The van der Waals surface area contributed by atoms with E-state index in [-0.39, 0.29) is 29.7 Å². The summed E-state index contributed by atoms with van der Waals surface area (Å²) >= 11 is 0. The van der Waals surface area contributed by atoms with E-state index in [1.54, 1.807) is 32.9 Å². The molecule has 1 saturated heterocycles. The van der Waals surface area contributed by atoms with Gasteiger partial charge in [0.2, 0.25) is 0 Å². The maximum absolute atomic E-state index is 12.3. The fraction of sp³-hybridized carbons (Fsp3) is 0.600. The number of fused-ring (bicyclic) bond motifs is 3. The summed E-state index contributed by atoms with van der Waals surface area (Å²) < 4.78 is 11.5. The molecule has 0 unspecified atom stereocenters. The third-order valence-electron chi connectivity index (χ3n) is 5.92. The van der Waals surface area contributed by atoms with Crippen LogP contribution in [-0.4, -0.2) is 34.9 Å². The first kappa shape index (κ1) is 17.9. The van der Waals surface area contributed by atoms with Gasteiger partial charge in [0, 0.05) is 17.9 Å². The number of esters is 2. The quantitative estimate of drug-likeness (QED) is 0.615. The maximum Gasteiger partial charge on any atom is 0.333 e. The molecular weight excluding hydrogens is 320 g/mol. The minimum absolute atomic E-state index is 0.273. The van der Waals surface area contributed by atoms with Crippen molar-refractivity contribution in [2.45, 2.75) is 58.8 Å². The van der Waals surface area contributed by atoms with Crippen LogP contribution in [-0.2, 0) is 19.1 Å². The Labute approximate surface area is 148 Å². The summed E-state index contributed by atoms with van der Waals surface area (Å²) in [5.74, 6) is -1.63. The highest BCUT2D eigenvalue weighted by Gasteiger charge is 2.57. The Morgan fingerprint density at radius 1 is 1.48 bits per heavy atom. The minimum atomic E-state index is -1.08. The Balaban J connectivity index is 2.01. The van der Waals surface area contributed by atoms with Crippen molar-refractivity contribution in [2.24, 2.45) is 17.8 Å². The summed E-state index contributed by atoms with van der Waals surface area (Å²) in [6.07, 6.45) is 4.98. The summed E-state index contributed by atoms with van der Waals surface area (Å²) in [5.41, 5.74) is 1.51. The normalized spacial score (nSPS) is 40.5. The number of aliphatic hydroxyl groups is 1. The van der Waals surface area contributed by atoms with Gasteiger partial charge in [0.25, 0.3) is 0 Å². The molecule has 3 aliphatic rings. The Bertz CT molecular complexity index is 697. The molecule has 2 aliphatic carbocycles. The molecule has 25 heavy (non-hydrogen) atoms. The van der Waals surface area contributed by atoms with E-state index in [9.17, 15) is 14.7 Å². The van der Waals surface area contributed by atoms with Crippen LogP contribution in [0.2, 0.25) is 0 Å². The van der Waals surface area contributed by atoms with Gasteiger partial charge in [0.15, 0.2) is 0 Å². The second-order valence-electron chi connectivity index (χ2n) is 7.66. The second kappa shape index (κ2) is 6.13. The summed E-state index contributed by atoms with van der Waals surface area (Å²) in [5, 5.41) is 10.8. The minimum Gasteiger partial charge on any atom is -0.461 e. The molecule has 1 N–H and O–H groups in total. The fourth-order valence-corrected chi connectivity index (χ4v) is 4.31. The zero-order chi connectivity index (χ0) is 18.5. The molecule has 5 heteroatoms. The average molecular weight is 346 g/mol. The fourth-order valence-electron chi connectivity index (χ4n) is 4.31. The molecule has 3 rings (SSSR count). The molecule has 0 aromatic heterocycles. The highest BCUT2D eigenvalue weighted by molar-refractivity contribution is 5.87. The van der Waals surface area contributed by atoms with Crippen molar-refractivity contribution in [3.8, 4) is 0 Å². The van der Waals surface area contributed by atoms with E-state index >= 15 is 0 Å². The molecule has 1 fully saturated rings. The van der Waals surface area contributed by atoms with Crippen molar-refractivity contribution in [3.05, 3.63) is 34.9 Å². The lowest BCUT2D eigenvalue weighted by Crippen LogP contribution is -2.44. The first-order valence-electron chi connectivity index (χ1n) is 8.83. The largest absolute Gasteiger partial charge is 0.461 e. The van der Waals surface area contributed by atoms with Crippen molar-refractivity contribution < 1.29 is 24.2 Å². The Morgan fingerprint density at radius 3 is 2.80 bits per heavy atom. The third kappa shape index (κ3) is 2.84. The predicted octanol–water partition coefficient (Wildman–Crippen LogP) is 2.70. The zero-order valence-corrected chi connectivity index (χ0v) is 15.4. The Morgan fingerprint density at radius 2 is 2.16 bits per heavy atom. The van der Waals surface area contributed by atoms with E-state index in [1.807, 2.05) is 19.9 Å². The smallest absolute Gasteiger partial charge is 0.333 e. The molecule has 0 aromatic rings. The van der Waals surface area contributed by atoms with Crippen molar-refractivity contribution in [1.82, 2.24) is 0 Å². The molecule has 0 bridgehead atoms. The van der Waals surface area contributed by atoms with Crippen LogP contribution in [0.15, 0.2) is 34.9 Å². The molecule has 136 valence electrons. The van der Waals surface area contributed by atoms with Crippen LogP contribution < -0.4 is 0 Å². The first-order chi connectivity index (χ1) is 11.7. The van der Waals surface area contributed by atoms with Crippen LogP contribution in [0.5, 0.6) is 0 Å². The maximum atomic E-state index is 12.3. The number of ether oxygens (including phenoxy) is 2. The molecule has 1 aliphatic heterocycles. The van der Waals surface area contributed by atoms with E-state index in [0.29, 0.717) is 12.0 Å². The number of carbonyl (C=O) groups is 2. The number of rotatable bonds is 2. The highest BCUT2D eigenvalue weighted by atomic mass is 16.6. The lowest BCUT2D eigenvalue weighted by molar-refractivity contribution is -0.150. The van der Waals surface area contributed by atoms with E-state index in [1.165, 1.54) is 0 Å². The van der Waals surface area contributed by atoms with Gasteiger partial charge >= 0.3 is 11.9 Å². The van der Waals surface area contributed by atoms with Gasteiger partial charge in [-0.2, -0.15) is 0 Å². The highest BCUT2D eigenvalue weighted by Crippen LogP contribution is 2.50. The van der Waals surface area contributed by atoms with Gasteiger partial charge in [0.05, 0.1) is 17.4 Å². The average Bonchev–Trinajstić information content (AvgIpc) is 2.97. The van der Waals surface area contributed by atoms with Crippen LogP contribution in [0.25, 0.3) is 0 Å². The van der Waals surface area contributed by atoms with Gasteiger partial charge in [-0.15, -0.1) is 0 Å². The lowest BCUT2D eigenvalue weighted by atomic mass is 9.76. The monoisotopic (exact) mass is 346 g/mol. The molecule has 1 heterocycles. The topological polar surface area (TPSA) is 72.8 Å². The second-order valence-corrected chi connectivity index (χ2v) is 7.66. The molecule has 5 nitrogen and oxygen atoms in total. The summed E-state index contributed by atoms with van der Waals surface area (Å²) in [6.45, 7) is 9.04. The molecule has 0 radical (unpaired) electrons. The summed E-state index contributed by atoms with van der Waals surface area (Å²) in [4.78, 5) is 24.6. The SMILES string of the molecule is C/C=C(/C)C(=O)O[C@H]1CC(C)=C2C=C[C@](C)(O)[C@@H]2[C@H]2OC(=O)[C@@H](C)[C@@H]21. The van der Waals surface area contributed by atoms with Gasteiger partial charge in [-0.25, -0.2) is 4.79 Å². The number of hydrogen-bond acceptors (Lipinski definition) is 5. The lowest BCUT2D eigenvalue weighted by Gasteiger charge is -2.34. The van der Waals surface area contributed by atoms with E-state index < -0.39 is 17.8 Å². The molecular formula is C20H26O5. The van der Waals surface area contributed by atoms with Crippen molar-refractivity contribution in [1.29, 1.82) is 0 Å². The zero-order valence-electron chi connectivity index (χ0n) is 15.4. The van der Waals surface area contributed by atoms with Crippen LogP contribution in [0.3, 0.4) is 0 Å². The number of hydrogen-bond donors (Lipinski definition) is 1. The van der Waals surface area contributed by atoms with Crippen molar-refractivity contribution in [3.63, 3.8) is 0 Å². The number of allylic oxidation sites excluding steroid dienone is 2. The third-order valence-corrected chi connectivity index (χ3v) is 5.92. The molecule has 0 aromatic carbocycles. The Hall–Kier alpha value is -1.88. The van der Waals surface area contributed by atoms with Crippen LogP contribution in [0.1, 0.15) is 41.0 Å². The van der Waals surface area contributed by atoms with Gasteiger partial charge < -0.3 is 14.6 Å². The van der Waals surface area contributed by atoms with E-state index in [0.717, 1.165) is 11.1 Å². The van der Waals surface area contributed by atoms with Gasteiger partial charge in [-0.05, 0) is 33.3 Å². The first-order valence-corrected chi connectivity index (χ1v) is 8.83. The van der Waals surface area contributed by atoms with Gasteiger partial charge in [-0.3, -0.25) is 4.79 Å². The van der Waals surface area contributed by atoms with Crippen molar-refractivity contribution in [2.75, 3.05) is 0 Å². The molecule has 6 atom stereocenters. The standard InChI is InChI=1S/C20H26O5/c1-6-10(2)18(21)24-14-9-11(3)13-7-8-20(5,23)16(13)17-15(14)12(4)19(22)25-17/h6-8,12,14-17,23H,9H2,1-5H3/b10-6-/t12-,14-,15+,16-,17-,20-/m0/s1. The molecule has 0 amide bonds. The van der Waals surface area contributed by atoms with E-state index in [4.69, 9.17) is 9.47 Å². The Kier molecular flexibility index (Phi) is 4.40. The van der Waals surface area contributed by atoms with Crippen molar-refractivity contribution >= 4 is 11.9 Å². The predicted molar refractivity (Wildman–Crippen MR) is 92.4 cm³/mol. The van der Waals surface area contributed by atoms with Crippen LogP contribution >= 0.6 is 0 Å². The van der Waals surface area contributed by atoms with Crippen LogP contribution in [0.4, 0.5) is 0 Å².